The smallest absolute Gasteiger partial charge is 0.145 e. The van der Waals surface area contributed by atoms with Crippen LogP contribution in [0.15, 0.2) is 16.6 Å². The first kappa shape index (κ1) is 12.0. The Morgan fingerprint density at radius 1 is 1.44 bits per heavy atom. The van der Waals surface area contributed by atoms with E-state index in [9.17, 15) is 8.78 Å². The monoisotopic (exact) mass is 289 g/mol. The first-order valence-corrected chi connectivity index (χ1v) is 6.16. The number of halogens is 3. The van der Waals surface area contributed by atoms with E-state index >= 15 is 0 Å². The highest BCUT2D eigenvalue weighted by atomic mass is 79.9. The molecule has 0 bridgehead atoms. The lowest BCUT2D eigenvalue weighted by Crippen LogP contribution is -2.36. The lowest BCUT2D eigenvalue weighted by atomic mass is 9.87. The van der Waals surface area contributed by atoms with Crippen LogP contribution in [-0.2, 0) is 5.54 Å². The van der Waals surface area contributed by atoms with Crippen LogP contribution >= 0.6 is 15.9 Å². The van der Waals surface area contributed by atoms with Gasteiger partial charge in [0.05, 0.1) is 4.47 Å². The highest BCUT2D eigenvalue weighted by Gasteiger charge is 2.39. The van der Waals surface area contributed by atoms with Gasteiger partial charge in [0, 0.05) is 11.1 Å². The van der Waals surface area contributed by atoms with Crippen LogP contribution < -0.4 is 5.73 Å². The largest absolute Gasteiger partial charge is 0.321 e. The molecule has 2 unspecified atom stereocenters. The maximum absolute atomic E-state index is 13.9. The lowest BCUT2D eigenvalue weighted by molar-refractivity contribution is 0.391. The highest BCUT2D eigenvalue weighted by Crippen LogP contribution is 2.42. The second-order valence-corrected chi connectivity index (χ2v) is 5.58. The number of hydrogen-bond donors (Lipinski definition) is 1. The van der Waals surface area contributed by atoms with E-state index in [0.717, 1.165) is 6.42 Å². The molecule has 1 aliphatic rings. The number of rotatable bonds is 1. The van der Waals surface area contributed by atoms with Crippen molar-refractivity contribution in [3.8, 4) is 0 Å². The average Bonchev–Trinajstić information content (AvgIpc) is 2.54. The molecule has 1 fully saturated rings. The molecule has 0 aliphatic heterocycles. The van der Waals surface area contributed by atoms with Crippen LogP contribution in [0.5, 0.6) is 0 Å². The standard InChI is InChI=1S/C12H14BrF2N/c1-7-4-5-12(16,6-7)10-9(14)3-2-8(13)11(10)15/h2-3,7H,4-6,16H2,1H3. The predicted molar refractivity (Wildman–Crippen MR) is 62.9 cm³/mol. The molecule has 0 heterocycles. The van der Waals surface area contributed by atoms with Crippen LogP contribution in [0.1, 0.15) is 31.7 Å². The van der Waals surface area contributed by atoms with Gasteiger partial charge in [-0.2, -0.15) is 0 Å². The Balaban J connectivity index is 2.51. The van der Waals surface area contributed by atoms with E-state index in [1.54, 1.807) is 0 Å². The summed E-state index contributed by atoms with van der Waals surface area (Å²) in [5.41, 5.74) is 5.32. The Hall–Kier alpha value is -0.480. The van der Waals surface area contributed by atoms with Gasteiger partial charge in [-0.05, 0) is 53.2 Å². The maximum Gasteiger partial charge on any atom is 0.145 e. The molecule has 1 aliphatic carbocycles. The molecule has 0 saturated heterocycles. The Morgan fingerprint density at radius 2 is 2.12 bits per heavy atom. The second-order valence-electron chi connectivity index (χ2n) is 4.72. The van der Waals surface area contributed by atoms with Crippen LogP contribution in [0.25, 0.3) is 0 Å². The third kappa shape index (κ3) is 1.89. The zero-order valence-electron chi connectivity index (χ0n) is 9.06. The van der Waals surface area contributed by atoms with Crippen molar-refractivity contribution >= 4 is 15.9 Å². The molecule has 0 amide bonds. The van der Waals surface area contributed by atoms with E-state index in [1.807, 2.05) is 0 Å². The van der Waals surface area contributed by atoms with Gasteiger partial charge >= 0.3 is 0 Å². The van der Waals surface area contributed by atoms with Gasteiger partial charge in [0.2, 0.25) is 0 Å². The van der Waals surface area contributed by atoms with Crippen LogP contribution in [0.2, 0.25) is 0 Å². The molecule has 1 saturated carbocycles. The summed E-state index contributed by atoms with van der Waals surface area (Å²) >= 11 is 3.07. The molecule has 16 heavy (non-hydrogen) atoms. The summed E-state index contributed by atoms with van der Waals surface area (Å²) < 4.78 is 27.9. The van der Waals surface area contributed by atoms with Gasteiger partial charge in [-0.25, -0.2) is 8.78 Å². The van der Waals surface area contributed by atoms with Gasteiger partial charge in [0.15, 0.2) is 0 Å². The molecule has 4 heteroatoms. The molecule has 2 N–H and O–H groups in total. The first-order chi connectivity index (χ1) is 7.44. The molecule has 0 aromatic heterocycles. The van der Waals surface area contributed by atoms with Gasteiger partial charge in [0.1, 0.15) is 11.6 Å². The molecule has 0 spiro atoms. The summed E-state index contributed by atoms with van der Waals surface area (Å²) in [5.74, 6) is -0.684. The number of hydrogen-bond acceptors (Lipinski definition) is 1. The molecule has 2 rings (SSSR count). The predicted octanol–water partition coefficient (Wildman–Crippen LogP) is 3.70. The van der Waals surface area contributed by atoms with Crippen molar-refractivity contribution in [2.75, 3.05) is 0 Å². The zero-order chi connectivity index (χ0) is 11.9. The molecule has 0 radical (unpaired) electrons. The second kappa shape index (κ2) is 4.08. The zero-order valence-corrected chi connectivity index (χ0v) is 10.7. The van der Waals surface area contributed by atoms with Gasteiger partial charge in [-0.15, -0.1) is 0 Å². The fourth-order valence-electron chi connectivity index (χ4n) is 2.54. The van der Waals surface area contributed by atoms with E-state index in [1.165, 1.54) is 12.1 Å². The molecular formula is C12H14BrF2N. The molecule has 1 aromatic carbocycles. The minimum Gasteiger partial charge on any atom is -0.321 e. The highest BCUT2D eigenvalue weighted by molar-refractivity contribution is 9.10. The van der Waals surface area contributed by atoms with E-state index in [-0.39, 0.29) is 10.0 Å². The van der Waals surface area contributed by atoms with Gasteiger partial charge in [-0.3, -0.25) is 0 Å². The van der Waals surface area contributed by atoms with Gasteiger partial charge < -0.3 is 5.73 Å². The number of benzene rings is 1. The van der Waals surface area contributed by atoms with Crippen molar-refractivity contribution < 1.29 is 8.78 Å². The summed E-state index contributed by atoms with van der Waals surface area (Å²) in [6, 6.07) is 2.63. The molecule has 1 aromatic rings. The number of nitrogens with two attached hydrogens (primary N) is 1. The average molecular weight is 290 g/mol. The van der Waals surface area contributed by atoms with Crippen LogP contribution in [0, 0.1) is 17.6 Å². The SMILES string of the molecule is CC1CCC(N)(c2c(F)ccc(Br)c2F)C1. The van der Waals surface area contributed by atoms with Gasteiger partial charge in [0.25, 0.3) is 0 Å². The van der Waals surface area contributed by atoms with Crippen LogP contribution in [0.3, 0.4) is 0 Å². The van der Waals surface area contributed by atoms with Gasteiger partial charge in [-0.1, -0.05) is 6.92 Å². The normalized spacial score (nSPS) is 29.7. The van der Waals surface area contributed by atoms with E-state index in [2.05, 4.69) is 22.9 Å². The minimum atomic E-state index is -0.850. The quantitative estimate of drug-likeness (QED) is 0.784. The summed E-state index contributed by atoms with van der Waals surface area (Å²) in [6.45, 7) is 2.06. The Bertz CT molecular complexity index is 422. The Labute approximate surface area is 102 Å². The third-order valence-electron chi connectivity index (χ3n) is 3.34. The summed E-state index contributed by atoms with van der Waals surface area (Å²) in [6.07, 6.45) is 2.19. The Kier molecular flexibility index (Phi) is 3.05. The van der Waals surface area contributed by atoms with Crippen molar-refractivity contribution in [3.05, 3.63) is 33.8 Å². The van der Waals surface area contributed by atoms with Crippen molar-refractivity contribution in [1.82, 2.24) is 0 Å². The fourth-order valence-corrected chi connectivity index (χ4v) is 2.87. The first-order valence-electron chi connectivity index (χ1n) is 5.37. The molecule has 2 atom stereocenters. The molecule has 1 nitrogen and oxygen atoms in total. The molecule has 88 valence electrons. The summed E-state index contributed by atoms with van der Waals surface area (Å²) in [7, 11) is 0. The van der Waals surface area contributed by atoms with Crippen molar-refractivity contribution in [2.45, 2.75) is 31.7 Å². The van der Waals surface area contributed by atoms with E-state index in [0.29, 0.717) is 18.8 Å². The van der Waals surface area contributed by atoms with Crippen LogP contribution in [-0.4, -0.2) is 0 Å². The summed E-state index contributed by atoms with van der Waals surface area (Å²) in [4.78, 5) is 0. The molecular weight excluding hydrogens is 276 g/mol. The van der Waals surface area contributed by atoms with Crippen LogP contribution in [0.4, 0.5) is 8.78 Å². The topological polar surface area (TPSA) is 26.0 Å². The minimum absolute atomic E-state index is 0.0335. The third-order valence-corrected chi connectivity index (χ3v) is 3.95. The lowest BCUT2D eigenvalue weighted by Gasteiger charge is -2.26. The van der Waals surface area contributed by atoms with E-state index < -0.39 is 17.2 Å². The Morgan fingerprint density at radius 3 is 2.69 bits per heavy atom. The maximum atomic E-state index is 13.9. The van der Waals surface area contributed by atoms with Crippen molar-refractivity contribution in [2.24, 2.45) is 11.7 Å². The van der Waals surface area contributed by atoms with E-state index in [4.69, 9.17) is 5.73 Å². The fraction of sp³-hybridized carbons (Fsp3) is 0.500. The van der Waals surface area contributed by atoms with Crippen molar-refractivity contribution in [1.29, 1.82) is 0 Å². The van der Waals surface area contributed by atoms with Crippen molar-refractivity contribution in [3.63, 3.8) is 0 Å². The summed E-state index contributed by atoms with van der Waals surface area (Å²) in [5, 5.41) is 0.